The Labute approximate surface area is 267 Å². The Morgan fingerprint density at radius 3 is 2.48 bits per heavy atom. The van der Waals surface area contributed by atoms with Gasteiger partial charge in [0, 0.05) is 50.1 Å². The summed E-state index contributed by atoms with van der Waals surface area (Å²) >= 11 is 6.63. The molecule has 10 heteroatoms. The second-order valence-corrected chi connectivity index (χ2v) is 14.4. The average molecular weight is 636 g/mol. The van der Waals surface area contributed by atoms with Gasteiger partial charge in [0.25, 0.3) is 0 Å². The van der Waals surface area contributed by atoms with Crippen LogP contribution in [0.1, 0.15) is 54.0 Å². The van der Waals surface area contributed by atoms with Gasteiger partial charge in [-0.1, -0.05) is 48.1 Å². The number of allylic oxidation sites excluding steroid dienone is 1. The number of hydrogen-bond donors (Lipinski definition) is 1. The molecule has 2 aromatic carbocycles. The van der Waals surface area contributed by atoms with Crippen LogP contribution in [0, 0.1) is 11.8 Å². The number of halogens is 1. The highest BCUT2D eigenvalue weighted by atomic mass is 35.5. The normalized spacial score (nSPS) is 21.4. The number of rotatable bonds is 8. The molecule has 234 valence electrons. The lowest BCUT2D eigenvalue weighted by Crippen LogP contribution is -2.39. The topological polar surface area (TPSA) is 68.4 Å². The summed E-state index contributed by atoms with van der Waals surface area (Å²) in [7, 11) is -3.38. The molecule has 4 aliphatic heterocycles. The maximum Gasteiger partial charge on any atom is 0.232 e. The molecule has 0 spiro atoms. The standard InChI is InChI=1S/C34H42ClN5O3S/c1-44(41,42)39-19-14-33-31(26-39)34(36-40(33)18-5-17-37-20-22-43-23-21-37)30-12-13-32(35)29(24-30)11-10-27-6-8-28(9-7-27)25-38-15-3-2-4-16-38/h6-9,12-14,19,24,34,36H,2-5,15-18,20-23,25-26H2,1H3. The Bertz CT molecular complexity index is 1550. The maximum absolute atomic E-state index is 12.5. The summed E-state index contributed by atoms with van der Waals surface area (Å²) in [5.74, 6) is 6.59. The molecule has 0 amide bonds. The van der Waals surface area contributed by atoms with Crippen molar-refractivity contribution in [1.29, 1.82) is 0 Å². The summed E-state index contributed by atoms with van der Waals surface area (Å²) in [5.41, 5.74) is 9.74. The number of benzene rings is 2. The summed E-state index contributed by atoms with van der Waals surface area (Å²) in [6.07, 6.45) is 9.73. The van der Waals surface area contributed by atoms with E-state index >= 15 is 0 Å². The highest BCUT2D eigenvalue weighted by Crippen LogP contribution is 2.37. The van der Waals surface area contributed by atoms with Gasteiger partial charge in [0.15, 0.2) is 0 Å². The minimum absolute atomic E-state index is 0.186. The maximum atomic E-state index is 12.5. The van der Waals surface area contributed by atoms with Crippen LogP contribution in [0.4, 0.5) is 0 Å². The third-order valence-electron chi connectivity index (χ3n) is 8.84. The van der Waals surface area contributed by atoms with Crippen LogP contribution in [-0.4, -0.2) is 92.8 Å². The third-order valence-corrected chi connectivity index (χ3v) is 10.3. The number of hydrogen-bond acceptors (Lipinski definition) is 7. The van der Waals surface area contributed by atoms with E-state index in [9.17, 15) is 8.42 Å². The van der Waals surface area contributed by atoms with Crippen LogP contribution < -0.4 is 5.43 Å². The molecular weight excluding hydrogens is 594 g/mol. The lowest BCUT2D eigenvalue weighted by Gasteiger charge is -2.28. The molecule has 0 aliphatic carbocycles. The van der Waals surface area contributed by atoms with E-state index in [0.717, 1.165) is 80.3 Å². The van der Waals surface area contributed by atoms with E-state index in [-0.39, 0.29) is 6.04 Å². The molecule has 2 fully saturated rings. The smallest absolute Gasteiger partial charge is 0.232 e. The van der Waals surface area contributed by atoms with Gasteiger partial charge >= 0.3 is 0 Å². The molecule has 6 rings (SSSR count). The first kappa shape index (κ1) is 31.2. The van der Waals surface area contributed by atoms with E-state index in [4.69, 9.17) is 16.3 Å². The molecule has 0 radical (unpaired) electrons. The molecule has 0 bridgehead atoms. The molecule has 0 aromatic heterocycles. The van der Waals surface area contributed by atoms with Crippen LogP contribution in [0.5, 0.6) is 0 Å². The summed E-state index contributed by atoms with van der Waals surface area (Å²) in [6, 6.07) is 14.3. The Morgan fingerprint density at radius 1 is 0.955 bits per heavy atom. The zero-order valence-electron chi connectivity index (χ0n) is 25.5. The number of piperidine rings is 1. The number of ether oxygens (including phenoxy) is 1. The van der Waals surface area contributed by atoms with Gasteiger partial charge in [0.2, 0.25) is 10.0 Å². The Morgan fingerprint density at radius 2 is 1.73 bits per heavy atom. The molecule has 2 aromatic rings. The van der Waals surface area contributed by atoms with E-state index in [1.807, 2.05) is 24.3 Å². The van der Waals surface area contributed by atoms with Crippen LogP contribution in [0.25, 0.3) is 0 Å². The van der Waals surface area contributed by atoms with Crippen LogP contribution in [0.15, 0.2) is 66.0 Å². The number of hydrazine groups is 1. The molecule has 1 unspecified atom stereocenters. The predicted octanol–water partition coefficient (Wildman–Crippen LogP) is 4.35. The first-order valence-electron chi connectivity index (χ1n) is 15.7. The quantitative estimate of drug-likeness (QED) is 0.433. The number of likely N-dealkylation sites (tertiary alicyclic amines) is 1. The van der Waals surface area contributed by atoms with Crippen molar-refractivity contribution in [2.24, 2.45) is 0 Å². The Balaban J connectivity index is 1.18. The Hall–Kier alpha value is -2.84. The fourth-order valence-electron chi connectivity index (χ4n) is 6.36. The summed E-state index contributed by atoms with van der Waals surface area (Å²) in [6.45, 7) is 8.95. The molecular formula is C34H42ClN5O3S. The zero-order valence-corrected chi connectivity index (χ0v) is 27.0. The van der Waals surface area contributed by atoms with Crippen molar-refractivity contribution < 1.29 is 13.2 Å². The van der Waals surface area contributed by atoms with Crippen molar-refractivity contribution in [3.05, 3.63) is 93.3 Å². The van der Waals surface area contributed by atoms with E-state index in [0.29, 0.717) is 11.6 Å². The average Bonchev–Trinajstić information content (AvgIpc) is 3.40. The molecule has 4 aliphatic rings. The van der Waals surface area contributed by atoms with Crippen molar-refractivity contribution in [2.45, 2.75) is 38.3 Å². The third kappa shape index (κ3) is 7.68. The van der Waals surface area contributed by atoms with Crippen LogP contribution in [0.2, 0.25) is 5.02 Å². The minimum Gasteiger partial charge on any atom is -0.379 e. The molecule has 1 atom stereocenters. The first-order chi connectivity index (χ1) is 21.3. The molecule has 2 saturated heterocycles. The van der Waals surface area contributed by atoms with Gasteiger partial charge in [0.1, 0.15) is 0 Å². The summed E-state index contributed by atoms with van der Waals surface area (Å²) in [4.78, 5) is 4.96. The molecule has 44 heavy (non-hydrogen) atoms. The molecule has 1 N–H and O–H groups in total. The monoisotopic (exact) mass is 635 g/mol. The molecule has 0 saturated carbocycles. The molecule has 4 heterocycles. The second-order valence-electron chi connectivity index (χ2n) is 12.1. The number of nitrogens with zero attached hydrogens (tertiary/aromatic N) is 4. The van der Waals surface area contributed by atoms with Gasteiger partial charge in [0.05, 0.1) is 42.8 Å². The fraction of sp³-hybridized carbons (Fsp3) is 0.471. The van der Waals surface area contributed by atoms with Crippen LogP contribution >= 0.6 is 11.6 Å². The largest absolute Gasteiger partial charge is 0.379 e. The van der Waals surface area contributed by atoms with Gasteiger partial charge in [-0.25, -0.2) is 13.8 Å². The first-order valence-corrected chi connectivity index (χ1v) is 17.9. The van der Waals surface area contributed by atoms with Crippen molar-refractivity contribution in [3.63, 3.8) is 0 Å². The highest BCUT2D eigenvalue weighted by Gasteiger charge is 2.35. The van der Waals surface area contributed by atoms with Crippen molar-refractivity contribution in [2.75, 3.05) is 65.3 Å². The highest BCUT2D eigenvalue weighted by molar-refractivity contribution is 7.88. The lowest BCUT2D eigenvalue weighted by atomic mass is 9.96. The van der Waals surface area contributed by atoms with Crippen molar-refractivity contribution in [1.82, 2.24) is 24.5 Å². The number of morpholine rings is 1. The van der Waals surface area contributed by atoms with E-state index in [2.05, 4.69) is 56.3 Å². The van der Waals surface area contributed by atoms with E-state index in [1.165, 1.54) is 48.5 Å². The summed E-state index contributed by atoms with van der Waals surface area (Å²) in [5, 5.41) is 2.76. The fourth-order valence-corrected chi connectivity index (χ4v) is 7.18. The van der Waals surface area contributed by atoms with Gasteiger partial charge in [-0.2, -0.15) is 0 Å². The van der Waals surface area contributed by atoms with Crippen LogP contribution in [0.3, 0.4) is 0 Å². The van der Waals surface area contributed by atoms with Gasteiger partial charge in [-0.15, -0.1) is 0 Å². The van der Waals surface area contributed by atoms with Crippen molar-refractivity contribution in [3.8, 4) is 11.8 Å². The van der Waals surface area contributed by atoms with E-state index in [1.54, 1.807) is 6.20 Å². The SMILES string of the molecule is CS(=O)(=O)N1C=CC2=C(C1)C(c1ccc(Cl)c(C#Cc3ccc(CN4CCCCC4)cc3)c1)NN2CCCN1CCOCC1. The lowest BCUT2D eigenvalue weighted by molar-refractivity contribution is 0.0360. The zero-order chi connectivity index (χ0) is 30.5. The van der Waals surface area contributed by atoms with Gasteiger partial charge in [-0.3, -0.25) is 14.1 Å². The minimum atomic E-state index is -3.38. The Kier molecular flexibility index (Phi) is 9.96. The van der Waals surface area contributed by atoms with Gasteiger partial charge < -0.3 is 9.75 Å². The van der Waals surface area contributed by atoms with Gasteiger partial charge in [-0.05, 0) is 79.4 Å². The predicted molar refractivity (Wildman–Crippen MR) is 175 cm³/mol. The number of nitrogens with one attached hydrogen (secondary N) is 1. The van der Waals surface area contributed by atoms with E-state index < -0.39 is 10.0 Å². The van der Waals surface area contributed by atoms with Crippen LogP contribution in [-0.2, 0) is 21.3 Å². The number of sulfonamides is 1. The molecule has 8 nitrogen and oxygen atoms in total. The second kappa shape index (κ2) is 14.1. The van der Waals surface area contributed by atoms with Crippen molar-refractivity contribution >= 4 is 21.6 Å². The summed E-state index contributed by atoms with van der Waals surface area (Å²) < 4.78 is 31.8.